The summed E-state index contributed by atoms with van der Waals surface area (Å²) >= 11 is 0. The zero-order chi connectivity index (χ0) is 13.1. The number of rotatable bonds is 3. The Morgan fingerprint density at radius 2 is 2.00 bits per heavy atom. The van der Waals surface area contributed by atoms with E-state index >= 15 is 0 Å². The average Bonchev–Trinajstić information content (AvgIpc) is 2.76. The van der Waals surface area contributed by atoms with E-state index in [1.165, 1.54) is 5.56 Å². The highest BCUT2D eigenvalue weighted by Crippen LogP contribution is 2.19. The molecule has 98 valence electrons. The van der Waals surface area contributed by atoms with Crippen molar-refractivity contribution in [2.75, 3.05) is 25.5 Å². The molecule has 1 fully saturated rings. The quantitative estimate of drug-likeness (QED) is 0.889. The van der Waals surface area contributed by atoms with Gasteiger partial charge in [0.25, 0.3) is 0 Å². The predicted molar refractivity (Wildman–Crippen MR) is 74.8 cm³/mol. The van der Waals surface area contributed by atoms with Gasteiger partial charge in [-0.15, -0.1) is 0 Å². The zero-order valence-electron chi connectivity index (χ0n) is 11.4. The van der Waals surface area contributed by atoms with Crippen LogP contribution in [0.1, 0.15) is 31.7 Å². The smallest absolute Gasteiger partial charge is 0.228 e. The van der Waals surface area contributed by atoms with Gasteiger partial charge in [0, 0.05) is 12.2 Å². The van der Waals surface area contributed by atoms with Gasteiger partial charge in [0.1, 0.15) is 0 Å². The van der Waals surface area contributed by atoms with Crippen molar-refractivity contribution < 1.29 is 4.79 Å². The van der Waals surface area contributed by atoms with Crippen LogP contribution in [0.4, 0.5) is 5.69 Å². The first kappa shape index (κ1) is 13.1. The van der Waals surface area contributed by atoms with Gasteiger partial charge in [-0.2, -0.15) is 0 Å². The third kappa shape index (κ3) is 3.10. The summed E-state index contributed by atoms with van der Waals surface area (Å²) in [5.74, 6) is 0.814. The number of nitrogens with zero attached hydrogens (tertiary/aromatic N) is 1. The standard InChI is InChI=1S/C15H22N2O/c1-11(2)12-4-6-14(7-5-12)16-15(18)13-8-9-17(3)10-13/h4-7,11,13H,8-10H2,1-3H3,(H,16,18). The molecule has 1 atom stereocenters. The second kappa shape index (κ2) is 5.53. The molecular weight excluding hydrogens is 224 g/mol. The highest BCUT2D eigenvalue weighted by atomic mass is 16.1. The molecule has 0 bridgehead atoms. The Labute approximate surface area is 109 Å². The molecule has 1 aliphatic rings. The van der Waals surface area contributed by atoms with Crippen LogP contribution in [0.5, 0.6) is 0 Å². The molecule has 1 saturated heterocycles. The third-order valence-corrected chi connectivity index (χ3v) is 3.61. The SMILES string of the molecule is CC(C)c1ccc(NC(=O)C2CCN(C)C2)cc1. The maximum absolute atomic E-state index is 12.0. The third-order valence-electron chi connectivity index (χ3n) is 3.61. The van der Waals surface area contributed by atoms with E-state index in [0.29, 0.717) is 5.92 Å². The molecule has 1 aliphatic heterocycles. The van der Waals surface area contributed by atoms with Crippen LogP contribution in [0.3, 0.4) is 0 Å². The molecule has 1 aromatic rings. The maximum Gasteiger partial charge on any atom is 0.228 e. The Morgan fingerprint density at radius 1 is 1.33 bits per heavy atom. The molecule has 0 spiro atoms. The molecule has 18 heavy (non-hydrogen) atoms. The number of carbonyl (C=O) groups excluding carboxylic acids is 1. The van der Waals surface area contributed by atoms with Crippen LogP contribution in [0.15, 0.2) is 24.3 Å². The Hall–Kier alpha value is -1.35. The number of nitrogens with one attached hydrogen (secondary N) is 1. The molecule has 1 unspecified atom stereocenters. The Bertz CT molecular complexity index is 411. The second-order valence-electron chi connectivity index (χ2n) is 5.51. The molecule has 1 heterocycles. The summed E-state index contributed by atoms with van der Waals surface area (Å²) in [6.07, 6.45) is 0.965. The average molecular weight is 246 g/mol. The van der Waals surface area contributed by atoms with Gasteiger partial charge >= 0.3 is 0 Å². The molecule has 1 amide bonds. The van der Waals surface area contributed by atoms with Crippen molar-refractivity contribution in [2.24, 2.45) is 5.92 Å². The largest absolute Gasteiger partial charge is 0.326 e. The molecule has 3 nitrogen and oxygen atoms in total. The fourth-order valence-electron chi connectivity index (χ4n) is 2.34. The molecule has 0 aromatic heterocycles. The Balaban J connectivity index is 1.95. The Morgan fingerprint density at radius 3 is 2.50 bits per heavy atom. The molecule has 1 aromatic carbocycles. The van der Waals surface area contributed by atoms with Gasteiger partial charge in [0.05, 0.1) is 5.92 Å². The van der Waals surface area contributed by atoms with E-state index < -0.39 is 0 Å². The van der Waals surface area contributed by atoms with Crippen LogP contribution >= 0.6 is 0 Å². The minimum Gasteiger partial charge on any atom is -0.326 e. The van der Waals surface area contributed by atoms with Gasteiger partial charge in [-0.3, -0.25) is 4.79 Å². The number of likely N-dealkylation sites (tertiary alicyclic amines) is 1. The first-order chi connectivity index (χ1) is 8.56. The highest BCUT2D eigenvalue weighted by Gasteiger charge is 2.25. The number of hydrogen-bond donors (Lipinski definition) is 1. The van der Waals surface area contributed by atoms with Crippen LogP contribution in [0.25, 0.3) is 0 Å². The lowest BCUT2D eigenvalue weighted by Crippen LogP contribution is -2.25. The second-order valence-corrected chi connectivity index (χ2v) is 5.51. The van der Waals surface area contributed by atoms with Gasteiger partial charge in [-0.05, 0) is 43.6 Å². The van der Waals surface area contributed by atoms with Crippen molar-refractivity contribution in [3.05, 3.63) is 29.8 Å². The summed E-state index contributed by atoms with van der Waals surface area (Å²) in [6.45, 7) is 6.23. The summed E-state index contributed by atoms with van der Waals surface area (Å²) < 4.78 is 0. The number of hydrogen-bond acceptors (Lipinski definition) is 2. The lowest BCUT2D eigenvalue weighted by Gasteiger charge is -2.12. The fraction of sp³-hybridized carbons (Fsp3) is 0.533. The van der Waals surface area contributed by atoms with Crippen molar-refractivity contribution in [3.63, 3.8) is 0 Å². The van der Waals surface area contributed by atoms with Crippen LogP contribution in [-0.2, 0) is 4.79 Å². The normalized spacial score (nSPS) is 20.3. The van der Waals surface area contributed by atoms with Gasteiger partial charge < -0.3 is 10.2 Å². The lowest BCUT2D eigenvalue weighted by atomic mass is 10.0. The summed E-state index contributed by atoms with van der Waals surface area (Å²) in [7, 11) is 2.06. The first-order valence-electron chi connectivity index (χ1n) is 6.65. The molecule has 2 rings (SSSR count). The topological polar surface area (TPSA) is 32.3 Å². The minimum atomic E-state index is 0.139. The molecule has 0 saturated carbocycles. The molecule has 0 radical (unpaired) electrons. The van der Waals surface area contributed by atoms with E-state index in [0.717, 1.165) is 25.2 Å². The van der Waals surface area contributed by atoms with Crippen molar-refractivity contribution in [2.45, 2.75) is 26.2 Å². The molecule has 3 heteroatoms. The number of carbonyl (C=O) groups is 1. The van der Waals surface area contributed by atoms with Crippen LogP contribution in [-0.4, -0.2) is 30.9 Å². The van der Waals surface area contributed by atoms with E-state index in [9.17, 15) is 4.79 Å². The highest BCUT2D eigenvalue weighted by molar-refractivity contribution is 5.92. The van der Waals surface area contributed by atoms with E-state index in [2.05, 4.69) is 43.2 Å². The summed E-state index contributed by atoms with van der Waals surface area (Å²) in [5, 5.41) is 3.00. The number of anilines is 1. The van der Waals surface area contributed by atoms with Crippen LogP contribution < -0.4 is 5.32 Å². The number of benzene rings is 1. The van der Waals surface area contributed by atoms with Gasteiger partial charge in [0.15, 0.2) is 0 Å². The first-order valence-corrected chi connectivity index (χ1v) is 6.65. The summed E-state index contributed by atoms with van der Waals surface area (Å²) in [5.41, 5.74) is 2.20. The van der Waals surface area contributed by atoms with E-state index in [1.54, 1.807) is 0 Å². The van der Waals surface area contributed by atoms with Crippen molar-refractivity contribution >= 4 is 11.6 Å². The summed E-state index contributed by atoms with van der Waals surface area (Å²) in [4.78, 5) is 14.2. The van der Waals surface area contributed by atoms with E-state index in [-0.39, 0.29) is 11.8 Å². The fourth-order valence-corrected chi connectivity index (χ4v) is 2.34. The minimum absolute atomic E-state index is 0.139. The summed E-state index contributed by atoms with van der Waals surface area (Å²) in [6, 6.07) is 8.15. The Kier molecular flexibility index (Phi) is 4.02. The van der Waals surface area contributed by atoms with E-state index in [4.69, 9.17) is 0 Å². The monoisotopic (exact) mass is 246 g/mol. The van der Waals surface area contributed by atoms with Gasteiger partial charge in [0.2, 0.25) is 5.91 Å². The molecule has 0 aliphatic carbocycles. The van der Waals surface area contributed by atoms with Crippen molar-refractivity contribution in [3.8, 4) is 0 Å². The lowest BCUT2D eigenvalue weighted by molar-refractivity contribution is -0.119. The van der Waals surface area contributed by atoms with E-state index in [1.807, 2.05) is 12.1 Å². The number of amides is 1. The molecule has 1 N–H and O–H groups in total. The van der Waals surface area contributed by atoms with Crippen molar-refractivity contribution in [1.82, 2.24) is 4.90 Å². The molecular formula is C15H22N2O. The van der Waals surface area contributed by atoms with Gasteiger partial charge in [-0.1, -0.05) is 26.0 Å². The van der Waals surface area contributed by atoms with Crippen LogP contribution in [0, 0.1) is 5.92 Å². The zero-order valence-corrected chi connectivity index (χ0v) is 11.4. The van der Waals surface area contributed by atoms with Gasteiger partial charge in [-0.25, -0.2) is 0 Å². The maximum atomic E-state index is 12.0. The van der Waals surface area contributed by atoms with Crippen molar-refractivity contribution in [1.29, 1.82) is 0 Å². The predicted octanol–water partition coefficient (Wildman–Crippen LogP) is 2.70. The van der Waals surface area contributed by atoms with Crippen LogP contribution in [0.2, 0.25) is 0 Å².